The number of aliphatic hydroxyl groups excluding tert-OH is 1. The molecule has 0 aliphatic rings. The molecule has 5 nitrogen and oxygen atoms in total. The van der Waals surface area contributed by atoms with Crippen molar-refractivity contribution in [2.24, 2.45) is 0 Å². The smallest absolute Gasteiger partial charge is 0.244 e. The minimum Gasteiger partial charge on any atom is -0.395 e. The third-order valence-corrected chi connectivity index (χ3v) is 5.17. The second-order valence-electron chi connectivity index (χ2n) is 4.24. The van der Waals surface area contributed by atoms with Crippen molar-refractivity contribution in [3.63, 3.8) is 0 Å². The highest BCUT2D eigenvalue weighted by atomic mass is 35.5. The molecule has 0 amide bonds. The van der Waals surface area contributed by atoms with Gasteiger partial charge in [-0.15, -0.1) is 0 Å². The zero-order valence-corrected chi connectivity index (χ0v) is 12.8. The molecule has 0 bridgehead atoms. The van der Waals surface area contributed by atoms with Crippen LogP contribution in [0.15, 0.2) is 23.1 Å². The summed E-state index contributed by atoms with van der Waals surface area (Å²) in [4.78, 5) is -0.0391. The summed E-state index contributed by atoms with van der Waals surface area (Å²) in [5.41, 5.74) is 0.302. The van der Waals surface area contributed by atoms with E-state index in [1.807, 2.05) is 13.0 Å². The number of halogens is 1. The van der Waals surface area contributed by atoms with Crippen molar-refractivity contribution < 1.29 is 13.5 Å². The van der Waals surface area contributed by atoms with Gasteiger partial charge in [0.1, 0.15) is 4.90 Å². The molecule has 0 heterocycles. The molecule has 0 aliphatic heterocycles. The van der Waals surface area contributed by atoms with Crippen LogP contribution in [-0.4, -0.2) is 37.5 Å². The third-order valence-electron chi connectivity index (χ3n) is 2.79. The molecular weight excluding hydrogens is 300 g/mol. The van der Waals surface area contributed by atoms with Crippen molar-refractivity contribution in [2.75, 3.05) is 19.7 Å². The van der Waals surface area contributed by atoms with Crippen molar-refractivity contribution >= 4 is 21.6 Å². The summed E-state index contributed by atoms with van der Waals surface area (Å²) in [7, 11) is -3.76. The summed E-state index contributed by atoms with van der Waals surface area (Å²) in [6.45, 7) is 2.06. The normalized spacial score (nSPS) is 11.6. The van der Waals surface area contributed by atoms with Crippen LogP contribution in [0.5, 0.6) is 0 Å². The van der Waals surface area contributed by atoms with Crippen LogP contribution in [0.25, 0.3) is 0 Å². The number of hydrogen-bond donors (Lipinski definition) is 1. The van der Waals surface area contributed by atoms with Gasteiger partial charge in [0.25, 0.3) is 0 Å². The molecular formula is C13H17ClN2O3S. The van der Waals surface area contributed by atoms with E-state index in [0.29, 0.717) is 18.5 Å². The molecule has 0 radical (unpaired) electrons. The molecule has 0 aliphatic carbocycles. The molecule has 7 heteroatoms. The van der Waals surface area contributed by atoms with Crippen molar-refractivity contribution in [3.8, 4) is 6.07 Å². The average molecular weight is 317 g/mol. The highest BCUT2D eigenvalue weighted by Crippen LogP contribution is 2.25. The van der Waals surface area contributed by atoms with E-state index in [2.05, 4.69) is 0 Å². The van der Waals surface area contributed by atoms with Crippen LogP contribution in [0.4, 0.5) is 0 Å². The van der Waals surface area contributed by atoms with Crippen LogP contribution in [0, 0.1) is 11.3 Å². The first kappa shape index (κ1) is 16.9. The summed E-state index contributed by atoms with van der Waals surface area (Å²) >= 11 is 5.95. The molecule has 1 aromatic rings. The Morgan fingerprint density at radius 3 is 2.60 bits per heavy atom. The van der Waals surface area contributed by atoms with Crippen LogP contribution in [-0.2, 0) is 10.0 Å². The fraction of sp³-hybridized carbons (Fsp3) is 0.462. The quantitative estimate of drug-likeness (QED) is 0.834. The SMILES string of the molecule is CCCCN(CCO)S(=O)(=O)c1ccc(C#N)cc1Cl. The van der Waals surface area contributed by atoms with Crippen LogP contribution >= 0.6 is 11.6 Å². The van der Waals surface area contributed by atoms with Crippen molar-refractivity contribution in [1.29, 1.82) is 5.26 Å². The van der Waals surface area contributed by atoms with Gasteiger partial charge in [0.2, 0.25) is 10.0 Å². The first-order chi connectivity index (χ1) is 9.47. The van der Waals surface area contributed by atoms with E-state index in [0.717, 1.165) is 6.42 Å². The average Bonchev–Trinajstić information content (AvgIpc) is 2.42. The van der Waals surface area contributed by atoms with E-state index >= 15 is 0 Å². The van der Waals surface area contributed by atoms with Gasteiger partial charge in [-0.1, -0.05) is 24.9 Å². The molecule has 1 N–H and O–H groups in total. The van der Waals surface area contributed by atoms with Crippen molar-refractivity contribution in [1.82, 2.24) is 4.31 Å². The van der Waals surface area contributed by atoms with Gasteiger partial charge in [0.15, 0.2) is 0 Å². The zero-order chi connectivity index (χ0) is 15.2. The van der Waals surface area contributed by atoms with Crippen LogP contribution in [0.1, 0.15) is 25.3 Å². The lowest BCUT2D eigenvalue weighted by Crippen LogP contribution is -2.34. The van der Waals surface area contributed by atoms with E-state index in [9.17, 15) is 8.42 Å². The van der Waals surface area contributed by atoms with Gasteiger partial charge in [0, 0.05) is 13.1 Å². The van der Waals surface area contributed by atoms with Crippen molar-refractivity contribution in [2.45, 2.75) is 24.7 Å². The Morgan fingerprint density at radius 1 is 1.40 bits per heavy atom. The van der Waals surface area contributed by atoms with Crippen LogP contribution in [0.2, 0.25) is 5.02 Å². The highest BCUT2D eigenvalue weighted by Gasteiger charge is 2.26. The Bertz CT molecular complexity index is 596. The summed E-state index contributed by atoms with van der Waals surface area (Å²) in [6, 6.07) is 5.97. The summed E-state index contributed by atoms with van der Waals surface area (Å²) in [6.07, 6.45) is 1.55. The van der Waals surface area contributed by atoms with Crippen LogP contribution < -0.4 is 0 Å². The summed E-state index contributed by atoms with van der Waals surface area (Å²) < 4.78 is 26.2. The number of rotatable bonds is 7. The number of unbranched alkanes of at least 4 members (excludes halogenated alkanes) is 1. The Kier molecular flexibility index (Phi) is 6.43. The number of nitriles is 1. The fourth-order valence-corrected chi connectivity index (χ4v) is 3.70. The fourth-order valence-electron chi connectivity index (χ4n) is 1.72. The molecule has 0 fully saturated rings. The molecule has 0 aromatic heterocycles. The lowest BCUT2D eigenvalue weighted by atomic mass is 10.2. The zero-order valence-electron chi connectivity index (χ0n) is 11.2. The van der Waals surface area contributed by atoms with Crippen molar-refractivity contribution in [3.05, 3.63) is 28.8 Å². The minimum absolute atomic E-state index is 0.0171. The van der Waals surface area contributed by atoms with E-state index in [4.69, 9.17) is 22.0 Å². The topological polar surface area (TPSA) is 81.4 Å². The second-order valence-corrected chi connectivity index (χ2v) is 6.55. The Morgan fingerprint density at radius 2 is 2.10 bits per heavy atom. The van der Waals surface area contributed by atoms with Gasteiger partial charge in [-0.2, -0.15) is 9.57 Å². The lowest BCUT2D eigenvalue weighted by Gasteiger charge is -2.21. The molecule has 0 atom stereocenters. The predicted octanol–water partition coefficient (Wildman–Crippen LogP) is 1.99. The number of benzene rings is 1. The largest absolute Gasteiger partial charge is 0.395 e. The molecule has 20 heavy (non-hydrogen) atoms. The molecule has 0 spiro atoms. The first-order valence-electron chi connectivity index (χ1n) is 6.28. The standard InChI is InChI=1S/C13H17ClN2O3S/c1-2-3-6-16(7-8-17)20(18,19)13-5-4-11(10-15)9-12(13)14/h4-5,9,17H,2-3,6-8H2,1H3. The van der Waals surface area contributed by atoms with Gasteiger partial charge in [-0.3, -0.25) is 0 Å². The maximum atomic E-state index is 12.5. The van der Waals surface area contributed by atoms with Crippen LogP contribution in [0.3, 0.4) is 0 Å². The van der Waals surface area contributed by atoms with Gasteiger partial charge in [0.05, 0.1) is 23.3 Å². The third kappa shape index (κ3) is 3.93. The van der Waals surface area contributed by atoms with E-state index in [1.165, 1.54) is 22.5 Å². The summed E-state index contributed by atoms with van der Waals surface area (Å²) in [5.74, 6) is 0. The first-order valence-corrected chi connectivity index (χ1v) is 8.09. The van der Waals surface area contributed by atoms with E-state index < -0.39 is 10.0 Å². The number of nitrogens with zero attached hydrogens (tertiary/aromatic N) is 2. The molecule has 1 rings (SSSR count). The Hall–Kier alpha value is -1.13. The number of sulfonamides is 1. The van der Waals surface area contributed by atoms with Gasteiger partial charge in [-0.05, 0) is 24.6 Å². The number of hydrogen-bond acceptors (Lipinski definition) is 4. The van der Waals surface area contributed by atoms with E-state index in [-0.39, 0.29) is 23.1 Å². The second kappa shape index (κ2) is 7.60. The van der Waals surface area contributed by atoms with Gasteiger partial charge < -0.3 is 5.11 Å². The monoisotopic (exact) mass is 316 g/mol. The lowest BCUT2D eigenvalue weighted by molar-refractivity contribution is 0.252. The predicted molar refractivity (Wildman–Crippen MR) is 76.9 cm³/mol. The number of aliphatic hydroxyl groups is 1. The van der Waals surface area contributed by atoms with Gasteiger partial charge >= 0.3 is 0 Å². The molecule has 0 unspecified atom stereocenters. The Labute approximate surface area is 124 Å². The minimum atomic E-state index is -3.76. The Balaban J connectivity index is 3.16. The van der Waals surface area contributed by atoms with Gasteiger partial charge in [-0.25, -0.2) is 8.42 Å². The maximum absolute atomic E-state index is 12.5. The molecule has 110 valence electrons. The molecule has 0 saturated carbocycles. The maximum Gasteiger partial charge on any atom is 0.244 e. The molecule has 1 aromatic carbocycles. The summed E-state index contributed by atoms with van der Waals surface area (Å²) in [5, 5.41) is 17.8. The highest BCUT2D eigenvalue weighted by molar-refractivity contribution is 7.89. The molecule has 0 saturated heterocycles. The van der Waals surface area contributed by atoms with E-state index in [1.54, 1.807) is 0 Å².